The highest BCUT2D eigenvalue weighted by Crippen LogP contribution is 2.15. The Labute approximate surface area is 139 Å². The zero-order valence-corrected chi connectivity index (χ0v) is 14.4. The van der Waals surface area contributed by atoms with Gasteiger partial charge in [-0.1, -0.05) is 23.7 Å². The summed E-state index contributed by atoms with van der Waals surface area (Å²) in [6.45, 7) is 4.66. The monoisotopic (exact) mass is 356 g/mol. The van der Waals surface area contributed by atoms with Gasteiger partial charge in [-0.3, -0.25) is 0 Å². The van der Waals surface area contributed by atoms with E-state index in [1.807, 2.05) is 13.8 Å². The first kappa shape index (κ1) is 17.4. The molecule has 9 heteroatoms. The lowest BCUT2D eigenvalue weighted by molar-refractivity contribution is 0.201. The van der Waals surface area contributed by atoms with Gasteiger partial charge in [0.25, 0.3) is 5.16 Å². The van der Waals surface area contributed by atoms with Crippen molar-refractivity contribution >= 4 is 27.5 Å². The number of sulfone groups is 1. The molecule has 0 aliphatic rings. The Hall–Kier alpha value is -1.93. The average molecular weight is 357 g/mol. The topological polar surface area (TPSA) is 85.2 Å². The van der Waals surface area contributed by atoms with Crippen molar-refractivity contribution in [3.63, 3.8) is 0 Å². The van der Waals surface area contributed by atoms with Crippen molar-refractivity contribution in [1.82, 2.24) is 19.7 Å². The molecule has 1 heterocycles. The molecule has 0 atom stereocenters. The Morgan fingerprint density at radius 3 is 2.39 bits per heavy atom. The molecule has 23 heavy (non-hydrogen) atoms. The fourth-order valence-electron chi connectivity index (χ4n) is 1.99. The van der Waals surface area contributed by atoms with E-state index in [0.717, 1.165) is 11.0 Å². The zero-order valence-electron chi connectivity index (χ0n) is 12.8. The van der Waals surface area contributed by atoms with Gasteiger partial charge in [0.05, 0.1) is 5.75 Å². The van der Waals surface area contributed by atoms with Crippen molar-refractivity contribution in [1.29, 1.82) is 0 Å². The Morgan fingerprint density at radius 2 is 1.83 bits per heavy atom. The van der Waals surface area contributed by atoms with Crippen LogP contribution in [0, 0.1) is 0 Å². The fraction of sp³-hybridized carbons (Fsp3) is 0.357. The maximum atomic E-state index is 12.3. The molecular formula is C14H17ClN4O3S. The molecule has 2 aromatic rings. The summed E-state index contributed by atoms with van der Waals surface area (Å²) in [5.41, 5.74) is 0.570. The normalized spacial score (nSPS) is 11.4. The Morgan fingerprint density at radius 1 is 1.22 bits per heavy atom. The smallest absolute Gasteiger partial charge is 0.323 e. The van der Waals surface area contributed by atoms with Crippen molar-refractivity contribution in [3.8, 4) is 0 Å². The van der Waals surface area contributed by atoms with Crippen LogP contribution in [0.5, 0.6) is 0 Å². The summed E-state index contributed by atoms with van der Waals surface area (Å²) in [5, 5.41) is 3.97. The molecular weight excluding hydrogens is 340 g/mol. The predicted molar refractivity (Wildman–Crippen MR) is 86.1 cm³/mol. The van der Waals surface area contributed by atoms with E-state index in [0.29, 0.717) is 23.7 Å². The summed E-state index contributed by atoms with van der Waals surface area (Å²) >= 11 is 5.78. The Balaban J connectivity index is 2.21. The van der Waals surface area contributed by atoms with Crippen LogP contribution in [0.3, 0.4) is 0 Å². The number of benzene rings is 1. The minimum Gasteiger partial charge on any atom is -0.323 e. The van der Waals surface area contributed by atoms with Gasteiger partial charge in [0.1, 0.15) is 6.33 Å². The molecule has 2 rings (SSSR count). The van der Waals surface area contributed by atoms with Crippen LogP contribution < -0.4 is 0 Å². The lowest BCUT2D eigenvalue weighted by Crippen LogP contribution is -2.34. The first-order valence-corrected chi connectivity index (χ1v) is 9.08. The van der Waals surface area contributed by atoms with Gasteiger partial charge >= 0.3 is 6.03 Å². The standard InChI is InChI=1S/C14H17ClN4O3S/c1-3-18(4-2)14(20)19-10-16-13(17-19)23(21,22)9-11-5-7-12(15)8-6-11/h5-8,10H,3-4,9H2,1-2H3. The third kappa shape index (κ3) is 4.08. The molecule has 124 valence electrons. The van der Waals surface area contributed by atoms with Gasteiger partial charge in [-0.05, 0) is 31.5 Å². The first-order valence-electron chi connectivity index (χ1n) is 7.05. The third-order valence-electron chi connectivity index (χ3n) is 3.25. The van der Waals surface area contributed by atoms with E-state index in [2.05, 4.69) is 10.1 Å². The summed E-state index contributed by atoms with van der Waals surface area (Å²) in [6.07, 6.45) is 1.12. The predicted octanol–water partition coefficient (Wildman–Crippen LogP) is 2.22. The second-order valence-corrected chi connectivity index (χ2v) is 7.13. The lowest BCUT2D eigenvalue weighted by atomic mass is 10.2. The number of aromatic nitrogens is 3. The number of carbonyl (C=O) groups is 1. The first-order chi connectivity index (χ1) is 10.9. The molecule has 0 aliphatic carbocycles. The van der Waals surface area contributed by atoms with Crippen molar-refractivity contribution in [2.45, 2.75) is 24.8 Å². The maximum absolute atomic E-state index is 12.3. The number of halogens is 1. The molecule has 0 bridgehead atoms. The van der Waals surface area contributed by atoms with Gasteiger partial charge in [0.15, 0.2) is 0 Å². The SMILES string of the molecule is CCN(CC)C(=O)n1cnc(S(=O)(=O)Cc2ccc(Cl)cc2)n1. The number of amides is 1. The zero-order chi connectivity index (χ0) is 17.0. The molecule has 0 aliphatic heterocycles. The van der Waals surface area contributed by atoms with E-state index < -0.39 is 15.9 Å². The maximum Gasteiger partial charge on any atom is 0.346 e. The van der Waals surface area contributed by atoms with Gasteiger partial charge in [-0.15, -0.1) is 5.10 Å². The van der Waals surface area contributed by atoms with E-state index in [1.165, 1.54) is 4.90 Å². The van der Waals surface area contributed by atoms with Crippen LogP contribution >= 0.6 is 11.6 Å². The largest absolute Gasteiger partial charge is 0.346 e. The van der Waals surface area contributed by atoms with E-state index in [-0.39, 0.29) is 10.9 Å². The van der Waals surface area contributed by atoms with Gasteiger partial charge < -0.3 is 4.90 Å². The molecule has 0 unspecified atom stereocenters. The number of hydrogen-bond donors (Lipinski definition) is 0. The lowest BCUT2D eigenvalue weighted by Gasteiger charge is -2.17. The fourth-order valence-corrected chi connectivity index (χ4v) is 3.29. The van der Waals surface area contributed by atoms with Crippen LogP contribution in [-0.4, -0.2) is 47.2 Å². The van der Waals surface area contributed by atoms with Crippen molar-refractivity contribution < 1.29 is 13.2 Å². The van der Waals surface area contributed by atoms with E-state index in [9.17, 15) is 13.2 Å². The Bertz CT molecular complexity index is 783. The molecule has 0 saturated carbocycles. The highest BCUT2D eigenvalue weighted by atomic mass is 35.5. The minimum absolute atomic E-state index is 0.256. The molecule has 1 aromatic carbocycles. The number of rotatable bonds is 5. The second-order valence-electron chi connectivity index (χ2n) is 4.81. The molecule has 1 aromatic heterocycles. The average Bonchev–Trinajstić information content (AvgIpc) is 3.01. The Kier molecular flexibility index (Phi) is 5.38. The van der Waals surface area contributed by atoms with Crippen LogP contribution in [0.4, 0.5) is 4.79 Å². The quantitative estimate of drug-likeness (QED) is 0.820. The van der Waals surface area contributed by atoms with Crippen molar-refractivity contribution in [3.05, 3.63) is 41.2 Å². The third-order valence-corrected chi connectivity index (χ3v) is 4.96. The van der Waals surface area contributed by atoms with Gasteiger partial charge in [0, 0.05) is 18.1 Å². The molecule has 1 amide bonds. The summed E-state index contributed by atoms with van der Waals surface area (Å²) in [6, 6.07) is 6.07. The van der Waals surface area contributed by atoms with E-state index in [1.54, 1.807) is 24.3 Å². The molecule has 0 N–H and O–H groups in total. The molecule has 0 radical (unpaired) electrons. The number of carbonyl (C=O) groups excluding carboxylic acids is 1. The second kappa shape index (κ2) is 7.10. The summed E-state index contributed by atoms with van der Waals surface area (Å²) in [5.74, 6) is -0.256. The highest BCUT2D eigenvalue weighted by Gasteiger charge is 2.23. The minimum atomic E-state index is -3.73. The molecule has 0 spiro atoms. The summed E-state index contributed by atoms with van der Waals surface area (Å²) in [4.78, 5) is 17.4. The highest BCUT2D eigenvalue weighted by molar-refractivity contribution is 7.90. The number of hydrogen-bond acceptors (Lipinski definition) is 5. The van der Waals surface area contributed by atoms with E-state index >= 15 is 0 Å². The van der Waals surface area contributed by atoms with Crippen LogP contribution in [0.2, 0.25) is 5.02 Å². The van der Waals surface area contributed by atoms with Gasteiger partial charge in [-0.2, -0.15) is 4.68 Å². The van der Waals surface area contributed by atoms with Crippen LogP contribution in [-0.2, 0) is 15.6 Å². The van der Waals surface area contributed by atoms with Crippen LogP contribution in [0.25, 0.3) is 0 Å². The van der Waals surface area contributed by atoms with Crippen LogP contribution in [0.1, 0.15) is 19.4 Å². The molecule has 0 fully saturated rings. The van der Waals surface area contributed by atoms with Crippen molar-refractivity contribution in [2.24, 2.45) is 0 Å². The van der Waals surface area contributed by atoms with Gasteiger partial charge in [0.2, 0.25) is 9.84 Å². The number of nitrogens with zero attached hydrogens (tertiary/aromatic N) is 4. The molecule has 0 saturated heterocycles. The summed E-state index contributed by atoms with van der Waals surface area (Å²) in [7, 11) is -3.73. The van der Waals surface area contributed by atoms with Crippen molar-refractivity contribution in [2.75, 3.05) is 13.1 Å². The van der Waals surface area contributed by atoms with Crippen LogP contribution in [0.15, 0.2) is 35.7 Å². The van der Waals surface area contributed by atoms with E-state index in [4.69, 9.17) is 11.6 Å². The molecule has 7 nitrogen and oxygen atoms in total. The van der Waals surface area contributed by atoms with Gasteiger partial charge in [-0.25, -0.2) is 18.2 Å². The summed E-state index contributed by atoms with van der Waals surface area (Å²) < 4.78 is 25.6.